The lowest BCUT2D eigenvalue weighted by Gasteiger charge is -2.17. The lowest BCUT2D eigenvalue weighted by atomic mass is 10.3. The summed E-state index contributed by atoms with van der Waals surface area (Å²) in [5.74, 6) is 1.11. The van der Waals surface area contributed by atoms with Gasteiger partial charge in [-0.3, -0.25) is 4.99 Å². The van der Waals surface area contributed by atoms with Crippen molar-refractivity contribution >= 4 is 29.9 Å². The van der Waals surface area contributed by atoms with Gasteiger partial charge in [0, 0.05) is 32.5 Å². The third kappa shape index (κ3) is 8.19. The molecule has 0 aliphatic heterocycles. The number of guanidine groups is 1. The van der Waals surface area contributed by atoms with Crippen LogP contribution in [0.1, 0.15) is 13.3 Å². The predicted molar refractivity (Wildman–Crippen MR) is 108 cm³/mol. The Balaban J connectivity index is 0.00000312. The fourth-order valence-electron chi connectivity index (χ4n) is 2.14. The van der Waals surface area contributed by atoms with Crippen molar-refractivity contribution in [2.24, 2.45) is 4.99 Å². The molecule has 1 aromatic carbocycles. The van der Waals surface area contributed by atoms with Gasteiger partial charge in [-0.2, -0.15) is 0 Å². The van der Waals surface area contributed by atoms with Gasteiger partial charge in [-0.05, 0) is 37.6 Å². The van der Waals surface area contributed by atoms with E-state index < -0.39 is 0 Å². The number of imidazole rings is 1. The molecule has 2 rings (SSSR count). The fraction of sp³-hybridized carbons (Fsp3) is 0.412. The molecule has 0 amide bonds. The molecule has 2 aromatic rings. The van der Waals surface area contributed by atoms with Crippen LogP contribution in [-0.2, 0) is 6.54 Å². The van der Waals surface area contributed by atoms with Crippen LogP contribution in [0, 0.1) is 5.82 Å². The van der Waals surface area contributed by atoms with Crippen molar-refractivity contribution in [3.63, 3.8) is 0 Å². The minimum Gasteiger partial charge on any atom is -0.489 e. The van der Waals surface area contributed by atoms with Gasteiger partial charge in [0.25, 0.3) is 0 Å². The zero-order valence-corrected chi connectivity index (χ0v) is 16.8. The second-order valence-corrected chi connectivity index (χ2v) is 5.42. The van der Waals surface area contributed by atoms with E-state index in [2.05, 4.69) is 20.6 Å². The third-order valence-electron chi connectivity index (χ3n) is 3.38. The number of aromatic nitrogens is 2. The van der Waals surface area contributed by atoms with Crippen molar-refractivity contribution in [2.75, 3.05) is 20.1 Å². The van der Waals surface area contributed by atoms with Crippen LogP contribution < -0.4 is 15.4 Å². The van der Waals surface area contributed by atoms with Gasteiger partial charge in [0.15, 0.2) is 5.96 Å². The Labute approximate surface area is 164 Å². The van der Waals surface area contributed by atoms with Crippen molar-refractivity contribution in [1.29, 1.82) is 0 Å². The summed E-state index contributed by atoms with van der Waals surface area (Å²) in [7, 11) is 1.73. The van der Waals surface area contributed by atoms with Crippen LogP contribution in [0.15, 0.2) is 48.0 Å². The molecule has 25 heavy (non-hydrogen) atoms. The molecule has 0 saturated carbocycles. The molecule has 2 N–H and O–H groups in total. The molecule has 0 saturated heterocycles. The maximum absolute atomic E-state index is 12.9. The second-order valence-electron chi connectivity index (χ2n) is 5.42. The van der Waals surface area contributed by atoms with E-state index in [1.807, 2.05) is 24.0 Å². The van der Waals surface area contributed by atoms with E-state index in [0.29, 0.717) is 12.3 Å². The zero-order chi connectivity index (χ0) is 17.2. The van der Waals surface area contributed by atoms with Gasteiger partial charge in [-0.15, -0.1) is 24.0 Å². The molecule has 0 fully saturated rings. The van der Waals surface area contributed by atoms with Crippen LogP contribution >= 0.6 is 24.0 Å². The highest BCUT2D eigenvalue weighted by Gasteiger charge is 2.06. The Bertz CT molecular complexity index is 618. The van der Waals surface area contributed by atoms with Crippen LogP contribution in [0.3, 0.4) is 0 Å². The van der Waals surface area contributed by atoms with Gasteiger partial charge in [-0.25, -0.2) is 9.37 Å². The van der Waals surface area contributed by atoms with Gasteiger partial charge in [0.1, 0.15) is 17.7 Å². The topological polar surface area (TPSA) is 63.5 Å². The van der Waals surface area contributed by atoms with Gasteiger partial charge in [0.05, 0.1) is 12.9 Å². The fourth-order valence-corrected chi connectivity index (χ4v) is 2.14. The summed E-state index contributed by atoms with van der Waals surface area (Å²) in [6.07, 6.45) is 6.43. The molecule has 1 heterocycles. The summed E-state index contributed by atoms with van der Waals surface area (Å²) < 4.78 is 20.6. The number of hydrogen-bond acceptors (Lipinski definition) is 3. The van der Waals surface area contributed by atoms with Crippen molar-refractivity contribution in [2.45, 2.75) is 26.0 Å². The number of halogens is 2. The smallest absolute Gasteiger partial charge is 0.191 e. The quantitative estimate of drug-likeness (QED) is 0.275. The standard InChI is InChI=1S/C17H24FN5O.HI/c1-14(24-16-6-4-15(18)5-7-16)12-22-17(19-2)21-8-3-10-23-11-9-20-13-23;/h4-7,9,11,13-14H,3,8,10,12H2,1-2H3,(H2,19,21,22);1H. The van der Waals surface area contributed by atoms with Crippen LogP contribution in [0.4, 0.5) is 4.39 Å². The minimum absolute atomic E-state index is 0. The monoisotopic (exact) mass is 461 g/mol. The number of hydrogen-bond donors (Lipinski definition) is 2. The molecule has 138 valence electrons. The van der Waals surface area contributed by atoms with Crippen LogP contribution in [0.25, 0.3) is 0 Å². The Kier molecular flexibility index (Phi) is 9.90. The molecule has 1 aromatic heterocycles. The first-order chi connectivity index (χ1) is 11.7. The highest BCUT2D eigenvalue weighted by atomic mass is 127. The van der Waals surface area contributed by atoms with Crippen LogP contribution in [0.2, 0.25) is 0 Å². The maximum Gasteiger partial charge on any atom is 0.191 e. The molecule has 6 nitrogen and oxygen atoms in total. The molecule has 0 aliphatic rings. The molecule has 1 unspecified atom stereocenters. The number of nitrogens with one attached hydrogen (secondary N) is 2. The molecule has 1 atom stereocenters. The average Bonchev–Trinajstić information content (AvgIpc) is 3.10. The minimum atomic E-state index is -0.270. The van der Waals surface area contributed by atoms with E-state index in [0.717, 1.165) is 25.5 Å². The second kappa shape index (κ2) is 11.7. The number of ether oxygens (including phenoxy) is 1. The summed E-state index contributed by atoms with van der Waals surface area (Å²) in [5, 5.41) is 6.47. The largest absolute Gasteiger partial charge is 0.489 e. The first-order valence-electron chi connectivity index (χ1n) is 8.00. The Hall–Kier alpha value is -1.84. The normalized spacial score (nSPS) is 12.2. The van der Waals surface area contributed by atoms with Crippen molar-refractivity contribution < 1.29 is 9.13 Å². The number of benzene rings is 1. The Morgan fingerprint density at radius 2 is 2.08 bits per heavy atom. The molecule has 8 heteroatoms. The number of aryl methyl sites for hydroxylation is 1. The lowest BCUT2D eigenvalue weighted by molar-refractivity contribution is 0.223. The summed E-state index contributed by atoms with van der Waals surface area (Å²) >= 11 is 0. The van der Waals surface area contributed by atoms with Crippen molar-refractivity contribution in [3.8, 4) is 5.75 Å². The van der Waals surface area contributed by atoms with E-state index in [-0.39, 0.29) is 35.9 Å². The summed E-state index contributed by atoms with van der Waals surface area (Å²) in [4.78, 5) is 8.20. The molecular formula is C17H25FIN5O. The first kappa shape index (κ1) is 21.2. The van der Waals surface area contributed by atoms with E-state index in [4.69, 9.17) is 4.74 Å². The summed E-state index contributed by atoms with van der Waals surface area (Å²) in [6, 6.07) is 6.01. The van der Waals surface area contributed by atoms with E-state index >= 15 is 0 Å². The zero-order valence-electron chi connectivity index (χ0n) is 14.5. The van der Waals surface area contributed by atoms with E-state index in [9.17, 15) is 4.39 Å². The van der Waals surface area contributed by atoms with E-state index in [1.54, 1.807) is 25.4 Å². The highest BCUT2D eigenvalue weighted by molar-refractivity contribution is 14.0. The summed E-state index contributed by atoms with van der Waals surface area (Å²) in [5.41, 5.74) is 0. The number of rotatable bonds is 8. The molecule has 0 bridgehead atoms. The third-order valence-corrected chi connectivity index (χ3v) is 3.38. The predicted octanol–water partition coefficient (Wildman–Crippen LogP) is 2.66. The molecule has 0 aliphatic carbocycles. The maximum atomic E-state index is 12.9. The van der Waals surface area contributed by atoms with Crippen LogP contribution in [-0.4, -0.2) is 41.8 Å². The Morgan fingerprint density at radius 1 is 1.32 bits per heavy atom. The van der Waals surface area contributed by atoms with Gasteiger partial charge in [-0.1, -0.05) is 0 Å². The highest BCUT2D eigenvalue weighted by Crippen LogP contribution is 2.12. The first-order valence-corrected chi connectivity index (χ1v) is 8.00. The number of nitrogens with zero attached hydrogens (tertiary/aromatic N) is 3. The van der Waals surface area contributed by atoms with Gasteiger partial charge < -0.3 is 19.9 Å². The van der Waals surface area contributed by atoms with Gasteiger partial charge in [0.2, 0.25) is 0 Å². The SMILES string of the molecule is CN=C(NCCCn1ccnc1)NCC(C)Oc1ccc(F)cc1.I. The summed E-state index contributed by atoms with van der Waals surface area (Å²) in [6.45, 7) is 4.26. The van der Waals surface area contributed by atoms with Crippen LogP contribution in [0.5, 0.6) is 5.75 Å². The Morgan fingerprint density at radius 3 is 2.72 bits per heavy atom. The molecule has 0 radical (unpaired) electrons. The van der Waals surface area contributed by atoms with E-state index in [1.165, 1.54) is 12.1 Å². The van der Waals surface area contributed by atoms with Crippen molar-refractivity contribution in [1.82, 2.24) is 20.2 Å². The molecular weight excluding hydrogens is 436 g/mol. The number of aliphatic imine (C=N–C) groups is 1. The lowest BCUT2D eigenvalue weighted by Crippen LogP contribution is -2.42. The van der Waals surface area contributed by atoms with Gasteiger partial charge >= 0.3 is 0 Å². The average molecular weight is 461 g/mol. The van der Waals surface area contributed by atoms with Crippen molar-refractivity contribution in [3.05, 3.63) is 48.8 Å². The molecule has 0 spiro atoms.